The zero-order chi connectivity index (χ0) is 19.5. The maximum absolute atomic E-state index is 12.1. The lowest BCUT2D eigenvalue weighted by Crippen LogP contribution is -2.43. The number of hydrogen-bond donors (Lipinski definition) is 2. The molecule has 0 aliphatic carbocycles. The predicted octanol–water partition coefficient (Wildman–Crippen LogP) is 2.08. The van der Waals surface area contributed by atoms with Gasteiger partial charge >= 0.3 is 12.0 Å². The molecule has 144 valence electrons. The normalized spacial score (nSPS) is 10.8. The lowest BCUT2D eigenvalue weighted by Gasteiger charge is -2.23. The van der Waals surface area contributed by atoms with Crippen molar-refractivity contribution in [2.75, 3.05) is 32.8 Å². The van der Waals surface area contributed by atoms with Crippen LogP contribution in [-0.4, -0.2) is 55.6 Å². The van der Waals surface area contributed by atoms with Crippen molar-refractivity contribution in [3.8, 4) is 0 Å². The maximum Gasteiger partial charge on any atom is 0.333 e. The van der Waals surface area contributed by atoms with Crippen LogP contribution in [0, 0.1) is 5.41 Å². The Morgan fingerprint density at radius 3 is 2.28 bits per heavy atom. The third-order valence-electron chi connectivity index (χ3n) is 4.02. The number of ether oxygens (including phenoxy) is 1. The van der Waals surface area contributed by atoms with Crippen LogP contribution in [0.15, 0.2) is 12.2 Å². The lowest BCUT2D eigenvalue weighted by atomic mass is 9.89. The largest absolute Gasteiger partial charge is 0.460 e. The summed E-state index contributed by atoms with van der Waals surface area (Å²) in [5.41, 5.74) is -0.0435. The van der Waals surface area contributed by atoms with E-state index in [1.807, 2.05) is 27.7 Å². The fraction of sp³-hybridized carbons (Fsp3) is 0.722. The first-order valence-corrected chi connectivity index (χ1v) is 8.79. The van der Waals surface area contributed by atoms with Crippen LogP contribution >= 0.6 is 0 Å². The number of nitrogens with one attached hydrogen (secondary N) is 2. The van der Waals surface area contributed by atoms with Gasteiger partial charge in [0, 0.05) is 30.6 Å². The zero-order valence-corrected chi connectivity index (χ0v) is 16.2. The van der Waals surface area contributed by atoms with Crippen molar-refractivity contribution in [1.29, 1.82) is 0 Å². The topological polar surface area (TPSA) is 87.7 Å². The van der Waals surface area contributed by atoms with Crippen LogP contribution in [0.4, 0.5) is 4.79 Å². The van der Waals surface area contributed by atoms with Crippen molar-refractivity contribution in [1.82, 2.24) is 15.5 Å². The summed E-state index contributed by atoms with van der Waals surface area (Å²) < 4.78 is 4.92. The molecule has 0 aromatic heterocycles. The van der Waals surface area contributed by atoms with Crippen molar-refractivity contribution in [2.24, 2.45) is 5.41 Å². The van der Waals surface area contributed by atoms with Crippen LogP contribution in [0.5, 0.6) is 0 Å². The Morgan fingerprint density at radius 2 is 1.76 bits per heavy atom. The summed E-state index contributed by atoms with van der Waals surface area (Å²) in [5.74, 6) is -0.436. The molecule has 0 fully saturated rings. The van der Waals surface area contributed by atoms with Gasteiger partial charge in [-0.1, -0.05) is 27.4 Å². The summed E-state index contributed by atoms with van der Waals surface area (Å²) in [6, 6.07) is -0.214. The number of carbonyl (C=O) groups excluding carboxylic acids is 3. The Bertz CT molecular complexity index is 475. The second-order valence-corrected chi connectivity index (χ2v) is 6.57. The van der Waals surface area contributed by atoms with Gasteiger partial charge in [0.05, 0.1) is 6.54 Å². The molecule has 0 aromatic carbocycles. The minimum absolute atomic E-state index is 0.0295. The average Bonchev–Trinajstić information content (AvgIpc) is 2.57. The van der Waals surface area contributed by atoms with Gasteiger partial charge in [0.2, 0.25) is 5.91 Å². The molecule has 2 N–H and O–H groups in total. The quantitative estimate of drug-likeness (QED) is 0.337. The molecular formula is C18H33N3O4. The molecule has 7 heteroatoms. The molecule has 0 unspecified atom stereocenters. The maximum atomic E-state index is 12.1. The molecule has 0 aliphatic rings. The van der Waals surface area contributed by atoms with E-state index in [0.29, 0.717) is 31.6 Å². The molecule has 0 bridgehead atoms. The van der Waals surface area contributed by atoms with E-state index in [9.17, 15) is 14.4 Å². The smallest absolute Gasteiger partial charge is 0.333 e. The van der Waals surface area contributed by atoms with Crippen LogP contribution in [0.3, 0.4) is 0 Å². The van der Waals surface area contributed by atoms with E-state index >= 15 is 0 Å². The van der Waals surface area contributed by atoms with Crippen molar-refractivity contribution >= 4 is 17.9 Å². The van der Waals surface area contributed by atoms with E-state index in [0.717, 1.165) is 6.42 Å². The molecule has 0 saturated carbocycles. The number of rotatable bonds is 11. The van der Waals surface area contributed by atoms with Gasteiger partial charge in [-0.05, 0) is 26.7 Å². The van der Waals surface area contributed by atoms with Crippen LogP contribution in [0.25, 0.3) is 0 Å². The number of hydrogen-bond acceptors (Lipinski definition) is 4. The number of amides is 3. The monoisotopic (exact) mass is 355 g/mol. The average molecular weight is 355 g/mol. The molecule has 0 rings (SSSR count). The molecule has 0 saturated heterocycles. The van der Waals surface area contributed by atoms with E-state index in [2.05, 4.69) is 17.2 Å². The first kappa shape index (κ1) is 22.9. The fourth-order valence-corrected chi connectivity index (χ4v) is 1.81. The summed E-state index contributed by atoms with van der Waals surface area (Å²) in [7, 11) is 0. The van der Waals surface area contributed by atoms with Gasteiger partial charge < -0.3 is 20.3 Å². The minimum Gasteiger partial charge on any atom is -0.460 e. The Balaban J connectivity index is 4.04. The second-order valence-electron chi connectivity index (χ2n) is 6.57. The molecule has 25 heavy (non-hydrogen) atoms. The Labute approximate surface area is 151 Å². The molecule has 0 radical (unpaired) electrons. The van der Waals surface area contributed by atoms with Gasteiger partial charge in [-0.3, -0.25) is 4.79 Å². The van der Waals surface area contributed by atoms with Crippen molar-refractivity contribution in [3.05, 3.63) is 12.2 Å². The Morgan fingerprint density at radius 1 is 1.12 bits per heavy atom. The summed E-state index contributed by atoms with van der Waals surface area (Å²) >= 11 is 0. The third-order valence-corrected chi connectivity index (χ3v) is 4.02. The van der Waals surface area contributed by atoms with Gasteiger partial charge in [0.25, 0.3) is 0 Å². The first-order valence-electron chi connectivity index (χ1n) is 8.79. The highest BCUT2D eigenvalue weighted by atomic mass is 16.5. The zero-order valence-electron chi connectivity index (χ0n) is 16.2. The van der Waals surface area contributed by atoms with Gasteiger partial charge in [0.15, 0.2) is 0 Å². The summed E-state index contributed by atoms with van der Waals surface area (Å²) in [6.07, 6.45) is 1.45. The summed E-state index contributed by atoms with van der Waals surface area (Å²) in [4.78, 5) is 36.9. The van der Waals surface area contributed by atoms with Crippen LogP contribution in [-0.2, 0) is 14.3 Å². The molecule has 7 nitrogen and oxygen atoms in total. The number of nitrogens with zero attached hydrogens (tertiary/aromatic N) is 1. The Kier molecular flexibility index (Phi) is 10.6. The van der Waals surface area contributed by atoms with E-state index in [-0.39, 0.29) is 30.5 Å². The molecule has 0 aromatic rings. The molecule has 0 spiro atoms. The second kappa shape index (κ2) is 11.5. The highest BCUT2D eigenvalue weighted by molar-refractivity contribution is 5.86. The Hall–Kier alpha value is -2.05. The van der Waals surface area contributed by atoms with Crippen molar-refractivity contribution < 1.29 is 19.1 Å². The lowest BCUT2D eigenvalue weighted by molar-refractivity contribution is -0.138. The predicted molar refractivity (Wildman–Crippen MR) is 98.1 cm³/mol. The SMILES string of the molecule is C=C(C)C(=O)OCCNC(=O)N(CC)CCCNC(=O)C(C)(C)CC. The van der Waals surface area contributed by atoms with E-state index in [1.54, 1.807) is 11.8 Å². The standard InChI is InChI=1S/C18H33N3O4/c1-7-18(5,6)16(23)19-10-9-12-21(8-2)17(24)20-11-13-25-15(22)14(3)4/h3,7-13H2,1-2,4-6H3,(H,19,23)(H,20,24). The van der Waals surface area contributed by atoms with E-state index in [1.165, 1.54) is 0 Å². The number of urea groups is 1. The molecule has 0 heterocycles. The minimum atomic E-state index is -0.465. The van der Waals surface area contributed by atoms with Crippen LogP contribution in [0.2, 0.25) is 0 Å². The molecular weight excluding hydrogens is 322 g/mol. The van der Waals surface area contributed by atoms with Gasteiger partial charge in [-0.25, -0.2) is 9.59 Å². The summed E-state index contributed by atoms with van der Waals surface area (Å²) in [5, 5.41) is 5.61. The van der Waals surface area contributed by atoms with E-state index < -0.39 is 5.97 Å². The van der Waals surface area contributed by atoms with E-state index in [4.69, 9.17) is 4.74 Å². The first-order chi connectivity index (χ1) is 11.7. The highest BCUT2D eigenvalue weighted by Gasteiger charge is 2.24. The fourth-order valence-electron chi connectivity index (χ4n) is 1.81. The number of esters is 1. The summed E-state index contributed by atoms with van der Waals surface area (Å²) in [6.45, 7) is 14.7. The van der Waals surface area contributed by atoms with Gasteiger partial charge in [-0.15, -0.1) is 0 Å². The van der Waals surface area contributed by atoms with Gasteiger partial charge in [0.1, 0.15) is 6.61 Å². The van der Waals surface area contributed by atoms with Crippen LogP contribution in [0.1, 0.15) is 47.5 Å². The molecule has 0 aliphatic heterocycles. The third kappa shape index (κ3) is 9.12. The van der Waals surface area contributed by atoms with Crippen molar-refractivity contribution in [2.45, 2.75) is 47.5 Å². The number of carbonyl (C=O) groups is 3. The van der Waals surface area contributed by atoms with Crippen molar-refractivity contribution in [3.63, 3.8) is 0 Å². The van der Waals surface area contributed by atoms with Gasteiger partial charge in [-0.2, -0.15) is 0 Å². The molecule has 3 amide bonds. The van der Waals surface area contributed by atoms with Crippen LogP contribution < -0.4 is 10.6 Å². The molecule has 0 atom stereocenters. The highest BCUT2D eigenvalue weighted by Crippen LogP contribution is 2.19.